The monoisotopic (exact) mass is 264 g/mol. The minimum Gasteiger partial charge on any atom is -0.496 e. The largest absolute Gasteiger partial charge is 0.496 e. The van der Waals surface area contributed by atoms with Crippen molar-refractivity contribution in [3.63, 3.8) is 0 Å². The molecule has 0 radical (unpaired) electrons. The van der Waals surface area contributed by atoms with Gasteiger partial charge in [0.05, 0.1) is 7.11 Å². The lowest BCUT2D eigenvalue weighted by Crippen LogP contribution is -2.36. The van der Waals surface area contributed by atoms with E-state index in [0.717, 1.165) is 18.8 Å². The summed E-state index contributed by atoms with van der Waals surface area (Å²) in [6, 6.07) is 4.41. The predicted octanol–water partition coefficient (Wildman–Crippen LogP) is 2.73. The maximum Gasteiger partial charge on any atom is 0.124 e. The standard InChI is InChI=1S/C16H28N2O/c1-12-7-14(8-13(2)15(12)19-6)9-18(5)11-16(3,4)10-17/h7-8H,9-11,17H2,1-6H3. The molecule has 0 amide bonds. The van der Waals surface area contributed by atoms with Crippen LogP contribution < -0.4 is 10.5 Å². The normalized spacial score (nSPS) is 12.0. The van der Waals surface area contributed by atoms with Crippen LogP contribution >= 0.6 is 0 Å². The zero-order chi connectivity index (χ0) is 14.6. The van der Waals surface area contributed by atoms with E-state index in [1.165, 1.54) is 16.7 Å². The van der Waals surface area contributed by atoms with E-state index in [1.807, 2.05) is 0 Å². The lowest BCUT2D eigenvalue weighted by Gasteiger charge is -2.29. The van der Waals surface area contributed by atoms with Gasteiger partial charge in [0.25, 0.3) is 0 Å². The number of benzene rings is 1. The van der Waals surface area contributed by atoms with Gasteiger partial charge in [-0.1, -0.05) is 26.0 Å². The molecule has 1 aromatic rings. The predicted molar refractivity (Wildman–Crippen MR) is 81.6 cm³/mol. The molecule has 0 unspecified atom stereocenters. The van der Waals surface area contributed by atoms with Gasteiger partial charge in [-0.2, -0.15) is 0 Å². The quantitative estimate of drug-likeness (QED) is 0.858. The molecule has 108 valence electrons. The summed E-state index contributed by atoms with van der Waals surface area (Å²) >= 11 is 0. The summed E-state index contributed by atoms with van der Waals surface area (Å²) in [4.78, 5) is 2.33. The molecule has 1 aromatic carbocycles. The zero-order valence-electron chi connectivity index (χ0n) is 13.2. The highest BCUT2D eigenvalue weighted by molar-refractivity contribution is 5.43. The highest BCUT2D eigenvalue weighted by Crippen LogP contribution is 2.25. The molecular weight excluding hydrogens is 236 g/mol. The van der Waals surface area contributed by atoms with Crippen LogP contribution in [-0.2, 0) is 6.54 Å². The Morgan fingerprint density at radius 2 is 1.74 bits per heavy atom. The number of methoxy groups -OCH3 is 1. The minimum atomic E-state index is 0.158. The van der Waals surface area contributed by atoms with Gasteiger partial charge in [0.1, 0.15) is 5.75 Å². The fourth-order valence-corrected chi connectivity index (χ4v) is 2.62. The second-order valence-corrected chi connectivity index (χ2v) is 6.30. The van der Waals surface area contributed by atoms with Gasteiger partial charge in [-0.3, -0.25) is 0 Å². The number of rotatable bonds is 6. The van der Waals surface area contributed by atoms with Crippen LogP contribution in [0.1, 0.15) is 30.5 Å². The maximum absolute atomic E-state index is 5.79. The third kappa shape index (κ3) is 4.51. The number of nitrogens with two attached hydrogens (primary N) is 1. The summed E-state index contributed by atoms with van der Waals surface area (Å²) < 4.78 is 5.40. The molecule has 3 nitrogen and oxygen atoms in total. The molecule has 0 aliphatic rings. The van der Waals surface area contributed by atoms with Gasteiger partial charge in [0.2, 0.25) is 0 Å². The lowest BCUT2D eigenvalue weighted by atomic mass is 9.93. The molecule has 3 heteroatoms. The number of aryl methyl sites for hydroxylation is 2. The Morgan fingerprint density at radius 3 is 2.16 bits per heavy atom. The van der Waals surface area contributed by atoms with Crippen molar-refractivity contribution in [1.29, 1.82) is 0 Å². The fourth-order valence-electron chi connectivity index (χ4n) is 2.62. The maximum atomic E-state index is 5.79. The van der Waals surface area contributed by atoms with Crippen LogP contribution in [0.25, 0.3) is 0 Å². The molecule has 0 atom stereocenters. The van der Waals surface area contributed by atoms with Crippen molar-refractivity contribution in [3.05, 3.63) is 28.8 Å². The van der Waals surface area contributed by atoms with Crippen LogP contribution in [0.15, 0.2) is 12.1 Å². The van der Waals surface area contributed by atoms with E-state index in [9.17, 15) is 0 Å². The molecule has 0 heterocycles. The van der Waals surface area contributed by atoms with Gasteiger partial charge < -0.3 is 15.4 Å². The third-order valence-electron chi connectivity index (χ3n) is 3.43. The van der Waals surface area contributed by atoms with E-state index in [2.05, 4.69) is 51.8 Å². The summed E-state index contributed by atoms with van der Waals surface area (Å²) in [6.07, 6.45) is 0. The van der Waals surface area contributed by atoms with Crippen LogP contribution in [0.4, 0.5) is 0 Å². The van der Waals surface area contributed by atoms with Crippen molar-refractivity contribution < 1.29 is 4.74 Å². The summed E-state index contributed by atoms with van der Waals surface area (Å²) in [7, 11) is 3.87. The lowest BCUT2D eigenvalue weighted by molar-refractivity contribution is 0.210. The SMILES string of the molecule is COc1c(C)cc(CN(C)CC(C)(C)CN)cc1C. The Kier molecular flexibility index (Phi) is 5.39. The molecule has 0 aliphatic heterocycles. The van der Waals surface area contributed by atoms with Crippen LogP contribution in [0.2, 0.25) is 0 Å². The van der Waals surface area contributed by atoms with Crippen molar-refractivity contribution in [3.8, 4) is 5.75 Å². The molecule has 0 fully saturated rings. The van der Waals surface area contributed by atoms with Crippen LogP contribution in [0, 0.1) is 19.3 Å². The van der Waals surface area contributed by atoms with Gasteiger partial charge in [-0.25, -0.2) is 0 Å². The average Bonchev–Trinajstić information content (AvgIpc) is 2.27. The number of ether oxygens (including phenoxy) is 1. The van der Waals surface area contributed by atoms with Crippen LogP contribution in [0.3, 0.4) is 0 Å². The number of hydrogen-bond acceptors (Lipinski definition) is 3. The zero-order valence-corrected chi connectivity index (χ0v) is 13.2. The Hall–Kier alpha value is -1.06. The van der Waals surface area contributed by atoms with Crippen LogP contribution in [-0.4, -0.2) is 32.1 Å². The Bertz CT molecular complexity index is 404. The molecule has 19 heavy (non-hydrogen) atoms. The molecule has 0 saturated carbocycles. The summed E-state index contributed by atoms with van der Waals surface area (Å²) in [5.74, 6) is 0.994. The third-order valence-corrected chi connectivity index (χ3v) is 3.43. The first-order chi connectivity index (χ1) is 8.79. The van der Waals surface area contributed by atoms with Crippen molar-refractivity contribution >= 4 is 0 Å². The summed E-state index contributed by atoms with van der Waals surface area (Å²) in [6.45, 7) is 11.2. The molecule has 1 rings (SSSR count). The molecule has 0 spiro atoms. The van der Waals surface area contributed by atoms with Crippen molar-refractivity contribution in [2.45, 2.75) is 34.2 Å². The molecular formula is C16H28N2O. The number of hydrogen-bond donors (Lipinski definition) is 1. The highest BCUT2D eigenvalue weighted by atomic mass is 16.5. The van der Waals surface area contributed by atoms with Gasteiger partial charge in [-0.05, 0) is 49.5 Å². The van der Waals surface area contributed by atoms with Gasteiger partial charge in [-0.15, -0.1) is 0 Å². The Labute approximate surface area is 117 Å². The van der Waals surface area contributed by atoms with E-state index in [-0.39, 0.29) is 5.41 Å². The molecule has 0 saturated heterocycles. The Morgan fingerprint density at radius 1 is 1.21 bits per heavy atom. The topological polar surface area (TPSA) is 38.5 Å². The average molecular weight is 264 g/mol. The summed E-state index contributed by atoms with van der Waals surface area (Å²) in [5, 5.41) is 0. The first-order valence-corrected chi connectivity index (χ1v) is 6.82. The highest BCUT2D eigenvalue weighted by Gasteiger charge is 2.18. The first kappa shape index (κ1) is 16.0. The van der Waals surface area contributed by atoms with Gasteiger partial charge >= 0.3 is 0 Å². The van der Waals surface area contributed by atoms with Gasteiger partial charge in [0, 0.05) is 13.1 Å². The molecule has 0 aromatic heterocycles. The van der Waals surface area contributed by atoms with E-state index in [4.69, 9.17) is 10.5 Å². The molecule has 2 N–H and O–H groups in total. The number of nitrogens with zero attached hydrogens (tertiary/aromatic N) is 1. The van der Waals surface area contributed by atoms with E-state index in [0.29, 0.717) is 6.54 Å². The van der Waals surface area contributed by atoms with Gasteiger partial charge in [0.15, 0.2) is 0 Å². The molecule has 0 aliphatic carbocycles. The van der Waals surface area contributed by atoms with E-state index >= 15 is 0 Å². The Balaban J connectivity index is 2.78. The molecule has 0 bridgehead atoms. The van der Waals surface area contributed by atoms with Crippen molar-refractivity contribution in [2.24, 2.45) is 11.1 Å². The van der Waals surface area contributed by atoms with Crippen molar-refractivity contribution in [2.75, 3.05) is 27.2 Å². The fraction of sp³-hybridized carbons (Fsp3) is 0.625. The van der Waals surface area contributed by atoms with E-state index < -0.39 is 0 Å². The minimum absolute atomic E-state index is 0.158. The summed E-state index contributed by atoms with van der Waals surface area (Å²) in [5.41, 5.74) is 9.67. The smallest absolute Gasteiger partial charge is 0.124 e. The first-order valence-electron chi connectivity index (χ1n) is 6.82. The van der Waals surface area contributed by atoms with Crippen molar-refractivity contribution in [1.82, 2.24) is 4.90 Å². The second kappa shape index (κ2) is 6.40. The second-order valence-electron chi connectivity index (χ2n) is 6.30. The van der Waals surface area contributed by atoms with E-state index in [1.54, 1.807) is 7.11 Å². The van der Waals surface area contributed by atoms with Crippen LogP contribution in [0.5, 0.6) is 5.75 Å².